The van der Waals surface area contributed by atoms with Crippen molar-refractivity contribution in [3.63, 3.8) is 0 Å². The molecule has 1 heterocycles. The van der Waals surface area contributed by atoms with Gasteiger partial charge in [-0.15, -0.1) is 0 Å². The highest BCUT2D eigenvalue weighted by atomic mass is 19.3. The molecule has 1 nitrogen and oxygen atoms in total. The van der Waals surface area contributed by atoms with Crippen LogP contribution >= 0.6 is 0 Å². The van der Waals surface area contributed by atoms with Crippen LogP contribution in [0.1, 0.15) is 17.2 Å². The lowest BCUT2D eigenvalue weighted by molar-refractivity contribution is 0.358. The van der Waals surface area contributed by atoms with E-state index >= 15 is 0 Å². The SMILES string of the molecule is FC(F)=C(F)C(c1ccccc1)N1CCc2ccccc21. The van der Waals surface area contributed by atoms with Crippen molar-refractivity contribution in [3.8, 4) is 0 Å². The van der Waals surface area contributed by atoms with Crippen LogP contribution in [0.2, 0.25) is 0 Å². The van der Waals surface area contributed by atoms with Gasteiger partial charge in [0.1, 0.15) is 6.04 Å². The van der Waals surface area contributed by atoms with Crippen LogP contribution in [0.15, 0.2) is 66.5 Å². The van der Waals surface area contributed by atoms with Crippen LogP contribution in [0, 0.1) is 0 Å². The maximum absolute atomic E-state index is 14.1. The van der Waals surface area contributed by atoms with Gasteiger partial charge in [-0.05, 0) is 23.6 Å². The molecule has 1 aliphatic rings. The molecule has 1 atom stereocenters. The Hall–Kier alpha value is -2.23. The van der Waals surface area contributed by atoms with Gasteiger partial charge in [-0.1, -0.05) is 48.5 Å². The zero-order valence-electron chi connectivity index (χ0n) is 11.3. The number of benzene rings is 2. The highest BCUT2D eigenvalue weighted by molar-refractivity contribution is 5.60. The minimum absolute atomic E-state index is 0.527. The van der Waals surface area contributed by atoms with Gasteiger partial charge in [0, 0.05) is 12.2 Å². The number of halogens is 3. The van der Waals surface area contributed by atoms with E-state index in [1.54, 1.807) is 35.2 Å². The van der Waals surface area contributed by atoms with Gasteiger partial charge in [0.15, 0.2) is 5.83 Å². The summed E-state index contributed by atoms with van der Waals surface area (Å²) in [4.78, 5) is 1.71. The number of fused-ring (bicyclic) bond motifs is 1. The van der Waals surface area contributed by atoms with E-state index in [0.29, 0.717) is 12.1 Å². The number of para-hydroxylation sites is 1. The van der Waals surface area contributed by atoms with Gasteiger partial charge >= 0.3 is 6.08 Å². The van der Waals surface area contributed by atoms with E-state index in [0.717, 1.165) is 17.7 Å². The predicted molar refractivity (Wildman–Crippen MR) is 77.0 cm³/mol. The Kier molecular flexibility index (Phi) is 3.69. The number of hydrogen-bond acceptors (Lipinski definition) is 1. The van der Waals surface area contributed by atoms with Gasteiger partial charge in [-0.25, -0.2) is 4.39 Å². The molecule has 0 spiro atoms. The molecule has 0 saturated carbocycles. The summed E-state index contributed by atoms with van der Waals surface area (Å²) in [6.45, 7) is 0.527. The molecule has 108 valence electrons. The first-order valence-corrected chi connectivity index (χ1v) is 6.78. The Morgan fingerprint density at radius 1 is 0.905 bits per heavy atom. The minimum atomic E-state index is -2.26. The first kappa shape index (κ1) is 13.7. The lowest BCUT2D eigenvalue weighted by Gasteiger charge is -2.29. The molecule has 0 amide bonds. The summed E-state index contributed by atoms with van der Waals surface area (Å²) in [7, 11) is 0. The number of nitrogens with zero attached hydrogens (tertiary/aromatic N) is 1. The standard InChI is InChI=1S/C17H14F3N/c18-15(17(19)20)16(13-7-2-1-3-8-13)21-11-10-12-6-4-5-9-14(12)21/h1-9,16H,10-11H2. The molecular weight excluding hydrogens is 275 g/mol. The van der Waals surface area contributed by atoms with Crippen molar-refractivity contribution in [3.05, 3.63) is 77.6 Å². The molecule has 0 N–H and O–H groups in total. The van der Waals surface area contributed by atoms with Crippen LogP contribution in [-0.4, -0.2) is 6.54 Å². The molecule has 0 aliphatic carbocycles. The van der Waals surface area contributed by atoms with Gasteiger partial charge in [-0.2, -0.15) is 8.78 Å². The third kappa shape index (κ3) is 2.53. The summed E-state index contributed by atoms with van der Waals surface area (Å²) in [6.07, 6.45) is -1.52. The molecule has 21 heavy (non-hydrogen) atoms. The lowest BCUT2D eigenvalue weighted by atomic mass is 10.0. The van der Waals surface area contributed by atoms with Crippen molar-refractivity contribution in [2.24, 2.45) is 0 Å². The van der Waals surface area contributed by atoms with Crippen molar-refractivity contribution in [2.45, 2.75) is 12.5 Å². The van der Waals surface area contributed by atoms with E-state index in [2.05, 4.69) is 0 Å². The summed E-state index contributed by atoms with van der Waals surface area (Å²) in [5.41, 5.74) is 2.41. The Morgan fingerprint density at radius 3 is 2.29 bits per heavy atom. The smallest absolute Gasteiger partial charge is 0.304 e. The Labute approximate surface area is 121 Å². The van der Waals surface area contributed by atoms with E-state index in [1.807, 2.05) is 24.3 Å². The van der Waals surface area contributed by atoms with Crippen LogP contribution in [0.3, 0.4) is 0 Å². The van der Waals surface area contributed by atoms with Crippen molar-refractivity contribution in [1.29, 1.82) is 0 Å². The summed E-state index contributed by atoms with van der Waals surface area (Å²) in [6, 6.07) is 15.1. The fourth-order valence-corrected chi connectivity index (χ4v) is 2.83. The second kappa shape index (κ2) is 5.64. The van der Waals surface area contributed by atoms with Gasteiger partial charge < -0.3 is 4.90 Å². The maximum Gasteiger partial charge on any atom is 0.304 e. The fourth-order valence-electron chi connectivity index (χ4n) is 2.83. The van der Waals surface area contributed by atoms with E-state index in [1.165, 1.54) is 0 Å². The first-order chi connectivity index (χ1) is 10.2. The van der Waals surface area contributed by atoms with Gasteiger partial charge in [0.2, 0.25) is 0 Å². The molecule has 0 bridgehead atoms. The molecule has 0 saturated heterocycles. The minimum Gasteiger partial charge on any atom is -0.357 e. The Morgan fingerprint density at radius 2 is 1.57 bits per heavy atom. The summed E-state index contributed by atoms with van der Waals surface area (Å²) >= 11 is 0. The van der Waals surface area contributed by atoms with Crippen LogP contribution in [0.4, 0.5) is 18.9 Å². The highest BCUT2D eigenvalue weighted by Crippen LogP contribution is 2.40. The summed E-state index contributed by atoms with van der Waals surface area (Å²) < 4.78 is 39.9. The molecule has 0 radical (unpaired) electrons. The monoisotopic (exact) mass is 289 g/mol. The number of hydrogen-bond donors (Lipinski definition) is 0. The quantitative estimate of drug-likeness (QED) is 0.779. The van der Waals surface area contributed by atoms with Crippen LogP contribution in [0.5, 0.6) is 0 Å². The third-order valence-electron chi connectivity index (χ3n) is 3.77. The maximum atomic E-state index is 14.1. The van der Waals surface area contributed by atoms with E-state index in [-0.39, 0.29) is 0 Å². The molecule has 2 aromatic rings. The largest absolute Gasteiger partial charge is 0.357 e. The molecule has 2 aromatic carbocycles. The molecule has 3 rings (SSSR count). The lowest BCUT2D eigenvalue weighted by Crippen LogP contribution is -2.27. The second-order valence-electron chi connectivity index (χ2n) is 4.99. The van der Waals surface area contributed by atoms with E-state index < -0.39 is 17.9 Å². The zero-order valence-corrected chi connectivity index (χ0v) is 11.3. The summed E-state index contributed by atoms with van der Waals surface area (Å²) in [5.74, 6) is -1.38. The van der Waals surface area contributed by atoms with Crippen molar-refractivity contribution in [1.82, 2.24) is 0 Å². The van der Waals surface area contributed by atoms with Crippen molar-refractivity contribution < 1.29 is 13.2 Å². The average molecular weight is 289 g/mol. The topological polar surface area (TPSA) is 3.24 Å². The zero-order chi connectivity index (χ0) is 14.8. The van der Waals surface area contributed by atoms with Crippen LogP contribution < -0.4 is 4.90 Å². The molecule has 0 fully saturated rings. The van der Waals surface area contributed by atoms with Crippen LogP contribution in [0.25, 0.3) is 0 Å². The molecule has 1 unspecified atom stereocenters. The molecule has 4 heteroatoms. The van der Waals surface area contributed by atoms with Gasteiger partial charge in [-0.3, -0.25) is 0 Å². The number of rotatable bonds is 3. The Bertz CT molecular complexity index is 663. The highest BCUT2D eigenvalue weighted by Gasteiger charge is 2.32. The fraction of sp³-hybridized carbons (Fsp3) is 0.176. The van der Waals surface area contributed by atoms with E-state index in [4.69, 9.17) is 0 Å². The average Bonchev–Trinajstić information content (AvgIpc) is 2.93. The third-order valence-corrected chi connectivity index (χ3v) is 3.77. The second-order valence-corrected chi connectivity index (χ2v) is 4.99. The van der Waals surface area contributed by atoms with Crippen molar-refractivity contribution in [2.75, 3.05) is 11.4 Å². The number of anilines is 1. The summed E-state index contributed by atoms with van der Waals surface area (Å²) in [5, 5.41) is 0. The Balaban J connectivity index is 2.08. The molecule has 1 aliphatic heterocycles. The molecular formula is C17H14F3N. The van der Waals surface area contributed by atoms with Crippen molar-refractivity contribution >= 4 is 5.69 Å². The van der Waals surface area contributed by atoms with E-state index in [9.17, 15) is 13.2 Å². The van der Waals surface area contributed by atoms with Gasteiger partial charge in [0.05, 0.1) is 0 Å². The predicted octanol–water partition coefficient (Wildman–Crippen LogP) is 4.87. The van der Waals surface area contributed by atoms with Crippen LogP contribution in [-0.2, 0) is 6.42 Å². The molecule has 0 aromatic heterocycles. The first-order valence-electron chi connectivity index (χ1n) is 6.78. The van der Waals surface area contributed by atoms with Gasteiger partial charge in [0.25, 0.3) is 0 Å². The normalized spacial score (nSPS) is 14.7.